The van der Waals surface area contributed by atoms with Gasteiger partial charge in [-0.15, -0.1) is 0 Å². The lowest BCUT2D eigenvalue weighted by Gasteiger charge is -2.30. The predicted octanol–water partition coefficient (Wildman–Crippen LogP) is 3.44. The Morgan fingerprint density at radius 3 is 2.32 bits per heavy atom. The molecule has 31 heavy (non-hydrogen) atoms. The lowest BCUT2D eigenvalue weighted by molar-refractivity contribution is -0.122. The molecule has 0 aromatic heterocycles. The lowest BCUT2D eigenvalue weighted by Crippen LogP contribution is -2.50. The van der Waals surface area contributed by atoms with Crippen LogP contribution in [0.2, 0.25) is 0 Å². The first-order chi connectivity index (χ1) is 14.7. The van der Waals surface area contributed by atoms with Crippen LogP contribution >= 0.6 is 0 Å². The predicted molar refractivity (Wildman–Crippen MR) is 123 cm³/mol. The van der Waals surface area contributed by atoms with E-state index in [9.17, 15) is 13.2 Å². The number of carbonyl (C=O) groups is 1. The number of ether oxygens (including phenoxy) is 2. The van der Waals surface area contributed by atoms with Gasteiger partial charge in [0, 0.05) is 0 Å². The molecule has 1 unspecified atom stereocenters. The fourth-order valence-corrected chi connectivity index (χ4v) is 4.44. The molecule has 7 nitrogen and oxygen atoms in total. The Morgan fingerprint density at radius 2 is 1.74 bits per heavy atom. The summed E-state index contributed by atoms with van der Waals surface area (Å²) < 4.78 is 37.4. The molecule has 2 rings (SSSR count). The number of carbonyl (C=O) groups excluding carboxylic acids is 1. The third-order valence-electron chi connectivity index (χ3n) is 4.73. The molecule has 2 aromatic carbocycles. The molecule has 0 bridgehead atoms. The van der Waals surface area contributed by atoms with Crippen LogP contribution in [0.25, 0.3) is 0 Å². The second-order valence-electron chi connectivity index (χ2n) is 7.32. The van der Waals surface area contributed by atoms with Crippen LogP contribution in [0, 0.1) is 13.8 Å². The van der Waals surface area contributed by atoms with Gasteiger partial charge in [0.1, 0.15) is 24.1 Å². The van der Waals surface area contributed by atoms with Gasteiger partial charge in [0.15, 0.2) is 0 Å². The van der Waals surface area contributed by atoms with Gasteiger partial charge in [0.25, 0.3) is 0 Å². The van der Waals surface area contributed by atoms with E-state index in [1.165, 1.54) is 0 Å². The number of aryl methyl sites for hydroxylation is 2. The van der Waals surface area contributed by atoms with Crippen molar-refractivity contribution in [3.05, 3.63) is 53.6 Å². The topological polar surface area (TPSA) is 84.9 Å². The molecule has 170 valence electrons. The van der Waals surface area contributed by atoms with E-state index in [0.717, 1.165) is 27.4 Å². The van der Waals surface area contributed by atoms with Gasteiger partial charge in [0.2, 0.25) is 15.9 Å². The van der Waals surface area contributed by atoms with E-state index in [4.69, 9.17) is 9.47 Å². The Bertz CT molecular complexity index is 974. The molecule has 0 aliphatic rings. The van der Waals surface area contributed by atoms with E-state index >= 15 is 0 Å². The average molecular weight is 449 g/mol. The van der Waals surface area contributed by atoms with E-state index in [2.05, 4.69) is 5.32 Å². The van der Waals surface area contributed by atoms with Crippen molar-refractivity contribution in [1.29, 1.82) is 0 Å². The molecule has 2 aromatic rings. The molecule has 0 saturated carbocycles. The van der Waals surface area contributed by atoms with Gasteiger partial charge in [-0.2, -0.15) is 0 Å². The number of rotatable bonds is 11. The van der Waals surface area contributed by atoms with Crippen molar-refractivity contribution in [3.63, 3.8) is 0 Å². The molecule has 1 N–H and O–H groups in total. The monoisotopic (exact) mass is 448 g/mol. The summed E-state index contributed by atoms with van der Waals surface area (Å²) in [7, 11) is -3.68. The minimum Gasteiger partial charge on any atom is -0.494 e. The number of hydrogen-bond donors (Lipinski definition) is 1. The zero-order chi connectivity index (χ0) is 23.0. The Kier molecular flexibility index (Phi) is 8.74. The summed E-state index contributed by atoms with van der Waals surface area (Å²) in [5.74, 6) is 1.04. The van der Waals surface area contributed by atoms with E-state index in [1.54, 1.807) is 31.2 Å². The fraction of sp³-hybridized carbons (Fsp3) is 0.435. The zero-order valence-corrected chi connectivity index (χ0v) is 19.7. The third-order valence-corrected chi connectivity index (χ3v) is 5.91. The minimum absolute atomic E-state index is 0.267. The molecule has 0 spiro atoms. The van der Waals surface area contributed by atoms with Gasteiger partial charge in [-0.25, -0.2) is 8.42 Å². The van der Waals surface area contributed by atoms with Gasteiger partial charge in [0.05, 0.1) is 25.1 Å². The number of nitrogens with zero attached hydrogens (tertiary/aromatic N) is 1. The largest absolute Gasteiger partial charge is 0.494 e. The van der Waals surface area contributed by atoms with Crippen molar-refractivity contribution in [2.45, 2.75) is 40.2 Å². The molecule has 0 fully saturated rings. The summed E-state index contributed by atoms with van der Waals surface area (Å²) >= 11 is 0. The minimum atomic E-state index is -3.68. The van der Waals surface area contributed by atoms with Crippen molar-refractivity contribution < 1.29 is 22.7 Å². The molecule has 1 atom stereocenters. The molecule has 8 heteroatoms. The molecule has 0 heterocycles. The Hall–Kier alpha value is -2.74. The Morgan fingerprint density at radius 1 is 1.06 bits per heavy atom. The van der Waals surface area contributed by atoms with Crippen LogP contribution in [-0.2, 0) is 14.8 Å². The van der Waals surface area contributed by atoms with Crippen LogP contribution in [0.1, 0.15) is 31.4 Å². The van der Waals surface area contributed by atoms with Crippen LogP contribution < -0.4 is 19.1 Å². The quantitative estimate of drug-likeness (QED) is 0.532. The number of nitrogens with one attached hydrogen (secondary N) is 1. The summed E-state index contributed by atoms with van der Waals surface area (Å²) in [6.07, 6.45) is 1.42. The molecular weight excluding hydrogens is 416 g/mol. The van der Waals surface area contributed by atoms with E-state index in [0.29, 0.717) is 24.5 Å². The van der Waals surface area contributed by atoms with Crippen LogP contribution in [0.15, 0.2) is 42.5 Å². The highest BCUT2D eigenvalue weighted by Gasteiger charge is 2.31. The maximum Gasteiger partial charge on any atom is 0.244 e. The highest BCUT2D eigenvalue weighted by molar-refractivity contribution is 7.92. The molecule has 0 aliphatic heterocycles. The van der Waals surface area contributed by atoms with Crippen LogP contribution in [0.3, 0.4) is 0 Å². The van der Waals surface area contributed by atoms with Gasteiger partial charge in [-0.3, -0.25) is 9.10 Å². The highest BCUT2D eigenvalue weighted by atomic mass is 32.2. The van der Waals surface area contributed by atoms with Crippen LogP contribution in [0.5, 0.6) is 11.5 Å². The summed E-state index contributed by atoms with van der Waals surface area (Å²) in [5, 5.41) is 2.80. The second kappa shape index (κ2) is 11.0. The first kappa shape index (κ1) is 24.5. The Labute approximate surface area is 185 Å². The van der Waals surface area contributed by atoms with Crippen molar-refractivity contribution in [1.82, 2.24) is 5.32 Å². The zero-order valence-electron chi connectivity index (χ0n) is 18.8. The van der Waals surface area contributed by atoms with Crippen molar-refractivity contribution in [2.24, 2.45) is 0 Å². The van der Waals surface area contributed by atoms with E-state index < -0.39 is 16.1 Å². The van der Waals surface area contributed by atoms with Gasteiger partial charge in [-0.1, -0.05) is 19.1 Å². The van der Waals surface area contributed by atoms with Crippen LogP contribution in [-0.4, -0.2) is 46.4 Å². The van der Waals surface area contributed by atoms with Gasteiger partial charge >= 0.3 is 0 Å². The standard InChI is InChI=1S/C23H32N2O5S/c1-6-21(23(26)24-14-15-30-22-16-17(3)8-9-18(22)4)25(31(5,27)28)19-10-12-20(13-11-19)29-7-2/h8-13,16,21H,6-7,14-15H2,1-5H3,(H,24,26). The van der Waals surface area contributed by atoms with Gasteiger partial charge < -0.3 is 14.8 Å². The summed E-state index contributed by atoms with van der Waals surface area (Å²) in [4.78, 5) is 12.8. The smallest absolute Gasteiger partial charge is 0.244 e. The SMILES string of the molecule is CCOc1ccc(N(C(CC)C(=O)NCCOc2cc(C)ccc2C)S(C)(=O)=O)cc1. The summed E-state index contributed by atoms with van der Waals surface area (Å²) in [5.41, 5.74) is 2.52. The lowest BCUT2D eigenvalue weighted by atomic mass is 10.1. The number of hydrogen-bond acceptors (Lipinski definition) is 5. The average Bonchev–Trinajstić information content (AvgIpc) is 2.71. The first-order valence-electron chi connectivity index (χ1n) is 10.4. The number of anilines is 1. The maximum absolute atomic E-state index is 12.8. The van der Waals surface area contributed by atoms with E-state index in [1.807, 2.05) is 39.0 Å². The molecule has 0 aliphatic carbocycles. The molecule has 0 radical (unpaired) electrons. The van der Waals surface area contributed by atoms with Crippen molar-refractivity contribution >= 4 is 21.6 Å². The van der Waals surface area contributed by atoms with Gasteiger partial charge in [-0.05, 0) is 68.7 Å². The normalized spacial score (nSPS) is 12.2. The van der Waals surface area contributed by atoms with Crippen molar-refractivity contribution in [2.75, 3.05) is 30.3 Å². The Balaban J connectivity index is 2.07. The number of sulfonamides is 1. The highest BCUT2D eigenvalue weighted by Crippen LogP contribution is 2.25. The van der Waals surface area contributed by atoms with Crippen molar-refractivity contribution in [3.8, 4) is 11.5 Å². The number of benzene rings is 2. The fourth-order valence-electron chi connectivity index (χ4n) is 3.23. The first-order valence-corrected chi connectivity index (χ1v) is 12.2. The summed E-state index contributed by atoms with van der Waals surface area (Å²) in [6.45, 7) is 8.67. The molecule has 1 amide bonds. The molecule has 0 saturated heterocycles. The van der Waals surface area contributed by atoms with Crippen LogP contribution in [0.4, 0.5) is 5.69 Å². The van der Waals surface area contributed by atoms with E-state index in [-0.39, 0.29) is 19.1 Å². The second-order valence-corrected chi connectivity index (χ2v) is 9.18. The maximum atomic E-state index is 12.8. The number of amides is 1. The summed E-state index contributed by atoms with van der Waals surface area (Å²) in [6, 6.07) is 11.8. The third kappa shape index (κ3) is 6.89. The molecular formula is C23H32N2O5S.